The average molecular weight is 480 g/mol. The van der Waals surface area contributed by atoms with Gasteiger partial charge >= 0.3 is 0 Å². The van der Waals surface area contributed by atoms with Crippen molar-refractivity contribution in [2.24, 2.45) is 0 Å². The molecule has 2 aromatic rings. The van der Waals surface area contributed by atoms with Gasteiger partial charge in [-0.15, -0.1) is 0 Å². The van der Waals surface area contributed by atoms with Gasteiger partial charge in [0, 0.05) is 17.7 Å². The predicted molar refractivity (Wildman–Crippen MR) is 111 cm³/mol. The Balaban J connectivity index is 2.04. The molecule has 0 spiro atoms. The Kier molecular flexibility index (Phi) is 5.63. The van der Waals surface area contributed by atoms with E-state index in [0.29, 0.717) is 0 Å². The molecule has 2 aromatic carbocycles. The van der Waals surface area contributed by atoms with Gasteiger partial charge in [-0.2, -0.15) is 0 Å². The molecule has 0 aromatic heterocycles. The van der Waals surface area contributed by atoms with Crippen molar-refractivity contribution in [1.29, 1.82) is 0 Å². The Bertz CT molecular complexity index is 1130. The summed E-state index contributed by atoms with van der Waals surface area (Å²) in [5.74, 6) is -4.05. The molecule has 1 fully saturated rings. The first-order valence-electron chi connectivity index (χ1n) is 10.2. The van der Waals surface area contributed by atoms with Crippen molar-refractivity contribution in [1.82, 2.24) is 0 Å². The van der Waals surface area contributed by atoms with Gasteiger partial charge in [-0.3, -0.25) is 4.79 Å². The van der Waals surface area contributed by atoms with E-state index >= 15 is 0 Å². The maximum absolute atomic E-state index is 13.5. The molecule has 0 radical (unpaired) electrons. The normalized spacial score (nSPS) is 35.5. The third-order valence-corrected chi connectivity index (χ3v) is 6.43. The minimum Gasteiger partial charge on any atom is -0.508 e. The molecule has 7 atom stereocenters. The molecular formula is C22H24O12. The largest absolute Gasteiger partial charge is 0.508 e. The van der Waals surface area contributed by atoms with Gasteiger partial charge in [-0.25, -0.2) is 0 Å². The SMILES string of the molecule is C[C@]1(O)C(=O)c2c(O)cc(O)cc2O[C@@]1(c1ccc(O)c(O)c1)C1O[C@H](CO)[C@@H](O)[C@H](O)[C@H]1O. The third-order valence-electron chi connectivity index (χ3n) is 6.43. The Morgan fingerprint density at radius 2 is 1.59 bits per heavy atom. The van der Waals surface area contributed by atoms with Crippen LogP contribution >= 0.6 is 0 Å². The summed E-state index contributed by atoms with van der Waals surface area (Å²) < 4.78 is 11.6. The summed E-state index contributed by atoms with van der Waals surface area (Å²) >= 11 is 0. The molecular weight excluding hydrogens is 456 g/mol. The summed E-state index contributed by atoms with van der Waals surface area (Å²) in [6, 6.07) is 4.89. The summed E-state index contributed by atoms with van der Waals surface area (Å²) in [5, 5.41) is 92.8. The highest BCUT2D eigenvalue weighted by molar-refractivity contribution is 6.08. The van der Waals surface area contributed by atoms with E-state index in [-0.39, 0.29) is 5.56 Å². The lowest BCUT2D eigenvalue weighted by Gasteiger charge is -2.55. The van der Waals surface area contributed by atoms with E-state index in [1.165, 1.54) is 0 Å². The number of hydrogen-bond acceptors (Lipinski definition) is 12. The van der Waals surface area contributed by atoms with Crippen molar-refractivity contribution < 1.29 is 60.2 Å². The lowest BCUT2D eigenvalue weighted by Crippen LogP contribution is -2.73. The third kappa shape index (κ3) is 3.19. The topological polar surface area (TPSA) is 218 Å². The molecule has 184 valence electrons. The molecule has 0 saturated carbocycles. The van der Waals surface area contributed by atoms with Crippen LogP contribution < -0.4 is 4.74 Å². The number of benzene rings is 2. The van der Waals surface area contributed by atoms with Gasteiger partial charge in [0.25, 0.3) is 0 Å². The Labute approximate surface area is 192 Å². The second-order valence-electron chi connectivity index (χ2n) is 8.53. The number of Topliss-reactive ketones (excluding diaryl/α,β-unsaturated/α-hetero) is 1. The van der Waals surface area contributed by atoms with Gasteiger partial charge < -0.3 is 55.4 Å². The Hall–Kier alpha value is -3.13. The Morgan fingerprint density at radius 1 is 0.912 bits per heavy atom. The van der Waals surface area contributed by atoms with E-state index in [4.69, 9.17) is 9.47 Å². The van der Waals surface area contributed by atoms with E-state index in [1.54, 1.807) is 0 Å². The van der Waals surface area contributed by atoms with Crippen LogP contribution in [0.1, 0.15) is 22.8 Å². The number of carbonyl (C=O) groups is 1. The van der Waals surface area contributed by atoms with Gasteiger partial charge in [0.05, 0.1) is 6.61 Å². The van der Waals surface area contributed by atoms with Crippen molar-refractivity contribution in [2.75, 3.05) is 6.61 Å². The van der Waals surface area contributed by atoms with E-state index < -0.39 is 88.4 Å². The molecule has 4 rings (SSSR count). The molecule has 1 unspecified atom stereocenters. The fraction of sp³-hybridized carbons (Fsp3) is 0.409. The first-order chi connectivity index (χ1) is 15.9. The van der Waals surface area contributed by atoms with Crippen LogP contribution in [0.2, 0.25) is 0 Å². The highest BCUT2D eigenvalue weighted by Crippen LogP contribution is 2.54. The highest BCUT2D eigenvalue weighted by Gasteiger charge is 2.68. The molecule has 1 saturated heterocycles. The number of fused-ring (bicyclic) bond motifs is 1. The first kappa shape index (κ1) is 24.0. The summed E-state index contributed by atoms with van der Waals surface area (Å²) in [7, 11) is 0. The minimum absolute atomic E-state index is 0.223. The highest BCUT2D eigenvalue weighted by atomic mass is 16.6. The second-order valence-corrected chi connectivity index (χ2v) is 8.53. The number of aliphatic hydroxyl groups excluding tert-OH is 4. The lowest BCUT2D eigenvalue weighted by molar-refractivity contribution is -0.291. The molecule has 0 aliphatic carbocycles. The molecule has 2 aliphatic rings. The van der Waals surface area contributed by atoms with Crippen LogP contribution in [0.15, 0.2) is 30.3 Å². The number of ketones is 1. The van der Waals surface area contributed by atoms with Crippen LogP contribution in [0.3, 0.4) is 0 Å². The molecule has 0 bridgehead atoms. The van der Waals surface area contributed by atoms with Crippen molar-refractivity contribution in [3.05, 3.63) is 41.5 Å². The molecule has 12 nitrogen and oxygen atoms in total. The Morgan fingerprint density at radius 3 is 2.21 bits per heavy atom. The number of aromatic hydroxyl groups is 4. The van der Waals surface area contributed by atoms with Crippen molar-refractivity contribution in [3.8, 4) is 28.7 Å². The maximum atomic E-state index is 13.5. The van der Waals surface area contributed by atoms with Gasteiger partial charge in [-0.1, -0.05) is 6.07 Å². The van der Waals surface area contributed by atoms with E-state index in [9.17, 15) is 50.8 Å². The van der Waals surface area contributed by atoms with E-state index in [1.807, 2.05) is 0 Å². The lowest BCUT2D eigenvalue weighted by atomic mass is 9.66. The van der Waals surface area contributed by atoms with Gasteiger partial charge in [0.15, 0.2) is 22.7 Å². The number of phenolic OH excluding ortho intramolecular Hbond substituents is 4. The van der Waals surface area contributed by atoms with Crippen LogP contribution in [0.5, 0.6) is 28.7 Å². The predicted octanol–water partition coefficient (Wildman–Crippen LogP) is -1.43. The van der Waals surface area contributed by atoms with Crippen molar-refractivity contribution in [2.45, 2.75) is 48.6 Å². The molecule has 2 aliphatic heterocycles. The second kappa shape index (κ2) is 7.98. The van der Waals surface area contributed by atoms with Gasteiger partial charge in [0.1, 0.15) is 53.3 Å². The molecule has 9 N–H and O–H groups in total. The summed E-state index contributed by atoms with van der Waals surface area (Å²) in [6.07, 6.45) is -9.04. The van der Waals surface area contributed by atoms with Crippen LogP contribution in [0.4, 0.5) is 0 Å². The summed E-state index contributed by atoms with van der Waals surface area (Å²) in [4.78, 5) is 13.5. The van der Waals surface area contributed by atoms with Crippen LogP contribution in [0, 0.1) is 0 Å². The fourth-order valence-corrected chi connectivity index (χ4v) is 4.61. The smallest absolute Gasteiger partial charge is 0.206 e. The van der Waals surface area contributed by atoms with Crippen LogP contribution in [-0.2, 0) is 10.3 Å². The molecule has 34 heavy (non-hydrogen) atoms. The van der Waals surface area contributed by atoms with E-state index in [0.717, 1.165) is 37.3 Å². The average Bonchev–Trinajstić information content (AvgIpc) is 2.76. The maximum Gasteiger partial charge on any atom is 0.206 e. The zero-order valence-corrected chi connectivity index (χ0v) is 17.7. The number of aliphatic hydroxyl groups is 5. The summed E-state index contributed by atoms with van der Waals surface area (Å²) in [6.45, 7) is 0.155. The van der Waals surface area contributed by atoms with Crippen molar-refractivity contribution >= 4 is 5.78 Å². The van der Waals surface area contributed by atoms with Crippen LogP contribution in [0.25, 0.3) is 0 Å². The van der Waals surface area contributed by atoms with Crippen LogP contribution in [-0.4, -0.2) is 94.5 Å². The molecule has 0 amide bonds. The zero-order valence-electron chi connectivity index (χ0n) is 17.7. The number of rotatable bonds is 3. The number of ether oxygens (including phenoxy) is 2. The van der Waals surface area contributed by atoms with Gasteiger partial charge in [0.2, 0.25) is 5.78 Å². The monoisotopic (exact) mass is 480 g/mol. The number of carbonyl (C=O) groups excluding carboxylic acids is 1. The van der Waals surface area contributed by atoms with Gasteiger partial charge in [-0.05, 0) is 19.1 Å². The molecule has 12 heteroatoms. The number of phenols is 4. The molecule has 2 heterocycles. The standard InChI is InChI=1S/C22H24O12/c1-21(32)19(31)15-12(27)5-9(24)6-13(15)34-22(21,8-2-3-10(25)11(26)4-8)20-18(30)17(29)16(28)14(7-23)33-20/h2-6,14,16-18,20,23-30,32H,7H2,1H3/t14-,16-,17+,18-,20?,21+,22+/m1/s1. The first-order valence-corrected chi connectivity index (χ1v) is 10.2. The van der Waals surface area contributed by atoms with Crippen molar-refractivity contribution in [3.63, 3.8) is 0 Å². The summed E-state index contributed by atoms with van der Waals surface area (Å²) in [5.41, 5.74) is -5.91. The quantitative estimate of drug-likeness (QED) is 0.231. The van der Waals surface area contributed by atoms with E-state index in [2.05, 4.69) is 0 Å². The number of hydrogen-bond donors (Lipinski definition) is 9. The fourth-order valence-electron chi connectivity index (χ4n) is 4.61. The minimum atomic E-state index is -2.69. The zero-order chi connectivity index (χ0) is 25.2.